The quantitative estimate of drug-likeness (QED) is 0.567. The number of sulfonamides is 1. The van der Waals surface area contributed by atoms with E-state index >= 15 is 0 Å². The number of hydrogen-bond donors (Lipinski definition) is 1. The Hall–Kier alpha value is -2.71. The van der Waals surface area contributed by atoms with E-state index in [2.05, 4.69) is 17.5 Å². The second-order valence-electron chi connectivity index (χ2n) is 8.27. The van der Waals surface area contributed by atoms with Crippen molar-refractivity contribution in [2.24, 2.45) is 5.92 Å². The lowest BCUT2D eigenvalue weighted by Gasteiger charge is -2.38. The maximum Gasteiger partial charge on any atom is 0.243 e. The number of nitrogens with zero attached hydrogens (tertiary/aromatic N) is 1. The van der Waals surface area contributed by atoms with Crippen LogP contribution in [0.5, 0.6) is 17.2 Å². The van der Waals surface area contributed by atoms with Crippen molar-refractivity contribution >= 4 is 15.7 Å². The molecule has 0 saturated carbocycles. The van der Waals surface area contributed by atoms with Crippen molar-refractivity contribution in [3.63, 3.8) is 0 Å². The van der Waals surface area contributed by atoms with E-state index in [1.54, 1.807) is 27.4 Å². The molecule has 0 spiro atoms. The Morgan fingerprint density at radius 2 is 1.67 bits per heavy atom. The van der Waals surface area contributed by atoms with E-state index in [0.29, 0.717) is 35.2 Å². The van der Waals surface area contributed by atoms with Gasteiger partial charge in [0.2, 0.25) is 15.8 Å². The number of fused-ring (bicyclic) bond motifs is 3. The Kier molecular flexibility index (Phi) is 6.59. The number of benzene rings is 2. The van der Waals surface area contributed by atoms with Gasteiger partial charge in [-0.15, -0.1) is 0 Å². The fraction of sp³-hybridized carbons (Fsp3) is 0.440. The average Bonchev–Trinajstić information content (AvgIpc) is 3.33. The summed E-state index contributed by atoms with van der Waals surface area (Å²) in [6, 6.07) is 9.41. The summed E-state index contributed by atoms with van der Waals surface area (Å²) >= 11 is 0. The zero-order chi connectivity index (χ0) is 23.8. The van der Waals surface area contributed by atoms with Crippen molar-refractivity contribution in [1.29, 1.82) is 0 Å². The summed E-state index contributed by atoms with van der Waals surface area (Å²) in [5.74, 6) is 2.15. The van der Waals surface area contributed by atoms with Crippen molar-refractivity contribution in [3.8, 4) is 17.2 Å². The molecule has 2 aliphatic rings. The predicted molar refractivity (Wildman–Crippen MR) is 129 cm³/mol. The molecule has 1 N–H and O–H groups in total. The number of rotatable bonds is 8. The Bertz CT molecular complexity index is 1130. The minimum Gasteiger partial charge on any atom is -0.493 e. The van der Waals surface area contributed by atoms with Crippen molar-refractivity contribution in [3.05, 3.63) is 53.6 Å². The van der Waals surface area contributed by atoms with Gasteiger partial charge in [0.05, 0.1) is 32.3 Å². The van der Waals surface area contributed by atoms with Gasteiger partial charge in [-0.25, -0.2) is 8.42 Å². The summed E-state index contributed by atoms with van der Waals surface area (Å²) in [6.07, 6.45) is 5.28. The summed E-state index contributed by atoms with van der Waals surface area (Å²) in [5.41, 5.74) is 3.00. The molecule has 0 radical (unpaired) electrons. The van der Waals surface area contributed by atoms with Crippen molar-refractivity contribution in [2.75, 3.05) is 39.7 Å². The number of hydrogen-bond acceptors (Lipinski definition) is 6. The molecule has 0 fully saturated rings. The molecule has 1 aliphatic heterocycles. The Balaban J connectivity index is 1.77. The van der Waals surface area contributed by atoms with Crippen molar-refractivity contribution < 1.29 is 22.6 Å². The van der Waals surface area contributed by atoms with Crippen LogP contribution in [0.1, 0.15) is 43.4 Å². The predicted octanol–water partition coefficient (Wildman–Crippen LogP) is 4.57. The largest absolute Gasteiger partial charge is 0.493 e. The maximum absolute atomic E-state index is 13.1. The zero-order valence-electron chi connectivity index (χ0n) is 19.8. The highest BCUT2D eigenvalue weighted by molar-refractivity contribution is 7.89. The normalized spacial score (nSPS) is 21.3. The second-order valence-corrected chi connectivity index (χ2v) is 10.2. The first-order chi connectivity index (χ1) is 15.9. The first-order valence-corrected chi connectivity index (χ1v) is 12.7. The molecule has 2 aromatic rings. The highest BCUT2D eigenvalue weighted by Gasteiger charge is 2.39. The van der Waals surface area contributed by atoms with Crippen LogP contribution in [0.2, 0.25) is 0 Å². The molecule has 0 bridgehead atoms. The molecule has 0 amide bonds. The Morgan fingerprint density at radius 3 is 2.24 bits per heavy atom. The summed E-state index contributed by atoms with van der Waals surface area (Å²) < 4.78 is 44.3. The number of allylic oxidation sites excluding steroid dienone is 2. The van der Waals surface area contributed by atoms with E-state index in [1.807, 2.05) is 38.1 Å². The standard InChI is InChI=1S/C25H32N2O5S/c1-6-27(7-2)33(28,29)17-11-12-21-20(15-17)18-9-8-10-19(18)24(26-21)16-13-22(30-3)25(32-5)23(14-16)31-4/h8-9,11-15,18-19,24,26H,6-7,10H2,1-5H3. The van der Waals surface area contributed by atoms with Gasteiger partial charge in [0.25, 0.3) is 0 Å². The SMILES string of the molecule is CCN(CC)S(=O)(=O)c1ccc2c(c1)C1C=CCC1C(c1cc(OC)c(OC)c(OC)c1)N2. The third kappa shape index (κ3) is 3.95. The molecule has 3 unspecified atom stereocenters. The van der Waals surface area contributed by atoms with E-state index in [-0.39, 0.29) is 17.9 Å². The van der Waals surface area contributed by atoms with E-state index in [4.69, 9.17) is 14.2 Å². The van der Waals surface area contributed by atoms with Crippen molar-refractivity contribution in [2.45, 2.75) is 37.1 Å². The summed E-state index contributed by atoms with van der Waals surface area (Å²) in [5, 5.41) is 3.66. The summed E-state index contributed by atoms with van der Waals surface area (Å²) in [7, 11) is 1.30. The van der Waals surface area contributed by atoms with Gasteiger partial charge in [-0.05, 0) is 53.8 Å². The van der Waals surface area contributed by atoms with Crippen LogP contribution >= 0.6 is 0 Å². The number of nitrogens with one attached hydrogen (secondary N) is 1. The van der Waals surface area contributed by atoms with Crippen molar-refractivity contribution in [1.82, 2.24) is 4.31 Å². The van der Waals surface area contributed by atoms with Crippen LogP contribution in [0.3, 0.4) is 0 Å². The zero-order valence-corrected chi connectivity index (χ0v) is 20.6. The summed E-state index contributed by atoms with van der Waals surface area (Å²) in [4.78, 5) is 0.344. The average molecular weight is 473 g/mol. The lowest BCUT2D eigenvalue weighted by atomic mass is 9.77. The molecule has 2 aromatic carbocycles. The first-order valence-electron chi connectivity index (χ1n) is 11.3. The van der Waals surface area contributed by atoms with Gasteiger partial charge in [0.15, 0.2) is 11.5 Å². The fourth-order valence-corrected chi connectivity index (χ4v) is 6.55. The number of ether oxygens (including phenoxy) is 3. The summed E-state index contributed by atoms with van der Waals surface area (Å²) in [6.45, 7) is 4.62. The molecule has 33 heavy (non-hydrogen) atoms. The molecular weight excluding hydrogens is 440 g/mol. The van der Waals surface area contributed by atoms with Crippen LogP contribution in [0.4, 0.5) is 5.69 Å². The van der Waals surface area contributed by atoms with Gasteiger partial charge in [-0.3, -0.25) is 0 Å². The van der Waals surface area contributed by atoms with Gasteiger partial charge in [-0.2, -0.15) is 4.31 Å². The minimum absolute atomic E-state index is 0.0106. The highest BCUT2D eigenvalue weighted by atomic mass is 32.2. The van der Waals surface area contributed by atoms with Gasteiger partial charge < -0.3 is 19.5 Å². The second kappa shape index (κ2) is 9.27. The highest BCUT2D eigenvalue weighted by Crippen LogP contribution is 2.52. The minimum atomic E-state index is -3.52. The molecule has 0 aromatic heterocycles. The van der Waals surface area contributed by atoms with E-state index in [1.165, 1.54) is 4.31 Å². The van der Waals surface area contributed by atoms with Crippen LogP contribution in [0.25, 0.3) is 0 Å². The van der Waals surface area contributed by atoms with Gasteiger partial charge in [0, 0.05) is 24.7 Å². The lowest BCUT2D eigenvalue weighted by molar-refractivity contribution is 0.322. The van der Waals surface area contributed by atoms with Gasteiger partial charge in [-0.1, -0.05) is 26.0 Å². The molecule has 7 nitrogen and oxygen atoms in total. The first kappa shape index (κ1) is 23.4. The fourth-order valence-electron chi connectivity index (χ4n) is 5.06. The molecule has 1 aliphatic carbocycles. The topological polar surface area (TPSA) is 77.1 Å². The van der Waals surface area contributed by atoms with E-state index in [0.717, 1.165) is 23.2 Å². The van der Waals surface area contributed by atoms with E-state index < -0.39 is 10.0 Å². The Labute approximate surface area is 196 Å². The molecular formula is C25H32N2O5S. The Morgan fingerprint density at radius 1 is 1.00 bits per heavy atom. The maximum atomic E-state index is 13.1. The third-order valence-electron chi connectivity index (χ3n) is 6.72. The molecule has 1 heterocycles. The monoisotopic (exact) mass is 472 g/mol. The van der Waals surface area contributed by atoms with Gasteiger partial charge in [0.1, 0.15) is 0 Å². The van der Waals surface area contributed by atoms with Crippen LogP contribution in [-0.4, -0.2) is 47.1 Å². The molecule has 3 atom stereocenters. The molecule has 0 saturated heterocycles. The van der Waals surface area contributed by atoms with Crippen LogP contribution in [0, 0.1) is 5.92 Å². The molecule has 178 valence electrons. The third-order valence-corrected chi connectivity index (χ3v) is 8.77. The van der Waals surface area contributed by atoms with E-state index in [9.17, 15) is 8.42 Å². The number of methoxy groups -OCH3 is 3. The van der Waals surface area contributed by atoms with Crippen LogP contribution in [-0.2, 0) is 10.0 Å². The van der Waals surface area contributed by atoms with Gasteiger partial charge >= 0.3 is 0 Å². The van der Waals surface area contributed by atoms with Crippen LogP contribution < -0.4 is 19.5 Å². The number of anilines is 1. The van der Waals surface area contributed by atoms with Crippen LogP contribution in [0.15, 0.2) is 47.4 Å². The molecule has 4 rings (SSSR count). The smallest absolute Gasteiger partial charge is 0.243 e. The molecule has 8 heteroatoms. The lowest BCUT2D eigenvalue weighted by Crippen LogP contribution is -2.32.